The van der Waals surface area contributed by atoms with Crippen LogP contribution >= 0.6 is 0 Å². The fourth-order valence-electron chi connectivity index (χ4n) is 3.72. The molecule has 4 rings (SSSR count). The molecule has 0 bridgehead atoms. The highest BCUT2D eigenvalue weighted by Gasteiger charge is 2.28. The summed E-state index contributed by atoms with van der Waals surface area (Å²) < 4.78 is 0. The first-order chi connectivity index (χ1) is 13.2. The molecule has 1 aliphatic heterocycles. The zero-order chi connectivity index (χ0) is 18.6. The lowest BCUT2D eigenvalue weighted by Gasteiger charge is -2.35. The highest BCUT2D eigenvalue weighted by molar-refractivity contribution is 5.77. The summed E-state index contributed by atoms with van der Waals surface area (Å²) in [6, 6.07) is 13.3. The number of piperidine rings is 1. The van der Waals surface area contributed by atoms with E-state index in [0.29, 0.717) is 17.6 Å². The van der Waals surface area contributed by atoms with Crippen LogP contribution in [0.15, 0.2) is 53.5 Å². The van der Waals surface area contributed by atoms with Crippen molar-refractivity contribution in [3.8, 4) is 0 Å². The molecule has 1 fully saturated rings. The van der Waals surface area contributed by atoms with Gasteiger partial charge in [0.25, 0.3) is 5.56 Å². The Hall–Kier alpha value is -3.02. The summed E-state index contributed by atoms with van der Waals surface area (Å²) in [5.41, 5.74) is 2.58. The molecule has 0 unspecified atom stereocenters. The van der Waals surface area contributed by atoms with E-state index in [1.165, 1.54) is 0 Å². The Labute approximate surface area is 157 Å². The number of hydrogen-bond donors (Lipinski definition) is 1. The van der Waals surface area contributed by atoms with Gasteiger partial charge in [-0.05, 0) is 43.5 Å². The number of hydrogen-bond acceptors (Lipinski definition) is 4. The number of H-pyrrole nitrogens is 1. The van der Waals surface area contributed by atoms with Crippen molar-refractivity contribution in [1.82, 2.24) is 19.9 Å². The van der Waals surface area contributed by atoms with E-state index in [-0.39, 0.29) is 23.9 Å². The number of pyridine rings is 1. The van der Waals surface area contributed by atoms with Gasteiger partial charge in [0, 0.05) is 25.6 Å². The predicted molar refractivity (Wildman–Crippen MR) is 103 cm³/mol. The minimum absolute atomic E-state index is 0.0234. The molecule has 6 heteroatoms. The maximum Gasteiger partial charge on any atom is 0.270 e. The predicted octanol–water partition coefficient (Wildman–Crippen LogP) is 3.00. The van der Waals surface area contributed by atoms with E-state index in [1.807, 2.05) is 47.4 Å². The highest BCUT2D eigenvalue weighted by Crippen LogP contribution is 2.30. The molecule has 1 aliphatic rings. The summed E-state index contributed by atoms with van der Waals surface area (Å²) in [7, 11) is 0. The Bertz CT molecular complexity index is 1000. The largest absolute Gasteiger partial charge is 0.334 e. The molecular formula is C21H22N4O2. The highest BCUT2D eigenvalue weighted by atomic mass is 16.2. The fraction of sp³-hybridized carbons (Fsp3) is 0.333. The van der Waals surface area contributed by atoms with Crippen LogP contribution in [0.5, 0.6) is 0 Å². The van der Waals surface area contributed by atoms with Crippen LogP contribution in [0.1, 0.15) is 43.1 Å². The average molecular weight is 362 g/mol. The molecule has 0 radical (unpaired) electrons. The monoisotopic (exact) mass is 362 g/mol. The van der Waals surface area contributed by atoms with Gasteiger partial charge in [0.05, 0.1) is 22.8 Å². The third-order valence-corrected chi connectivity index (χ3v) is 5.10. The summed E-state index contributed by atoms with van der Waals surface area (Å²) in [6.45, 7) is 0.738. The van der Waals surface area contributed by atoms with Crippen molar-refractivity contribution in [1.29, 1.82) is 0 Å². The molecule has 0 saturated carbocycles. The zero-order valence-electron chi connectivity index (χ0n) is 15.1. The number of aromatic amines is 1. The number of amides is 1. The van der Waals surface area contributed by atoms with Crippen molar-refractivity contribution < 1.29 is 4.79 Å². The van der Waals surface area contributed by atoms with Crippen LogP contribution in [0.3, 0.4) is 0 Å². The molecule has 1 saturated heterocycles. The van der Waals surface area contributed by atoms with Gasteiger partial charge in [-0.15, -0.1) is 0 Å². The van der Waals surface area contributed by atoms with E-state index in [4.69, 9.17) is 0 Å². The summed E-state index contributed by atoms with van der Waals surface area (Å²) in [4.78, 5) is 38.8. The maximum atomic E-state index is 12.9. The number of aryl methyl sites for hydroxylation is 1. The molecule has 0 aliphatic carbocycles. The molecule has 3 aromatic rings. The fourth-order valence-corrected chi connectivity index (χ4v) is 3.72. The molecule has 1 atom stereocenters. The quantitative estimate of drug-likeness (QED) is 0.774. The second-order valence-corrected chi connectivity index (χ2v) is 6.88. The smallest absolute Gasteiger partial charge is 0.270 e. The van der Waals surface area contributed by atoms with Gasteiger partial charge in [-0.1, -0.05) is 18.2 Å². The second kappa shape index (κ2) is 7.70. The van der Waals surface area contributed by atoms with Crippen molar-refractivity contribution in [2.45, 2.75) is 38.1 Å². The summed E-state index contributed by atoms with van der Waals surface area (Å²) in [5, 5.41) is 0. The minimum atomic E-state index is -0.221. The van der Waals surface area contributed by atoms with E-state index in [0.717, 1.165) is 37.0 Å². The third-order valence-electron chi connectivity index (χ3n) is 5.10. The number of fused-ring (bicyclic) bond motifs is 1. The Morgan fingerprint density at radius 1 is 1.15 bits per heavy atom. The van der Waals surface area contributed by atoms with Gasteiger partial charge in [0.2, 0.25) is 5.91 Å². The molecule has 1 N–H and O–H groups in total. The van der Waals surface area contributed by atoms with Gasteiger partial charge in [-0.2, -0.15) is 0 Å². The molecule has 0 spiro atoms. The van der Waals surface area contributed by atoms with E-state index >= 15 is 0 Å². The van der Waals surface area contributed by atoms with Crippen LogP contribution in [0.4, 0.5) is 0 Å². The lowest BCUT2D eigenvalue weighted by atomic mass is 9.98. The molecule has 1 aromatic carbocycles. The molecule has 2 aromatic heterocycles. The van der Waals surface area contributed by atoms with Gasteiger partial charge in [-0.3, -0.25) is 14.6 Å². The van der Waals surface area contributed by atoms with Crippen LogP contribution < -0.4 is 5.56 Å². The second-order valence-electron chi connectivity index (χ2n) is 6.88. The third kappa shape index (κ3) is 3.74. The van der Waals surface area contributed by atoms with E-state index in [1.54, 1.807) is 6.20 Å². The normalized spacial score (nSPS) is 17.2. The molecule has 6 nitrogen and oxygen atoms in total. The summed E-state index contributed by atoms with van der Waals surface area (Å²) >= 11 is 0. The lowest BCUT2D eigenvalue weighted by Crippen LogP contribution is -2.39. The Morgan fingerprint density at radius 3 is 2.85 bits per heavy atom. The maximum absolute atomic E-state index is 12.9. The molecule has 138 valence electrons. The van der Waals surface area contributed by atoms with Crippen molar-refractivity contribution >= 4 is 16.9 Å². The Morgan fingerprint density at radius 2 is 2.00 bits per heavy atom. The minimum Gasteiger partial charge on any atom is -0.334 e. The number of nitrogens with zero attached hydrogens (tertiary/aromatic N) is 3. The Balaban J connectivity index is 1.50. The average Bonchev–Trinajstić information content (AvgIpc) is 2.72. The molecule has 1 amide bonds. The van der Waals surface area contributed by atoms with Crippen molar-refractivity contribution in [3.63, 3.8) is 0 Å². The number of rotatable bonds is 4. The number of aromatic nitrogens is 3. The first-order valence-electron chi connectivity index (χ1n) is 9.41. The van der Waals surface area contributed by atoms with Crippen molar-refractivity contribution in [3.05, 3.63) is 70.4 Å². The number of carbonyl (C=O) groups excluding carboxylic acids is 1. The van der Waals surface area contributed by atoms with Crippen LogP contribution in [0.25, 0.3) is 11.0 Å². The van der Waals surface area contributed by atoms with Crippen molar-refractivity contribution in [2.24, 2.45) is 0 Å². The van der Waals surface area contributed by atoms with Gasteiger partial charge in [0.1, 0.15) is 5.69 Å². The van der Waals surface area contributed by atoms with Crippen LogP contribution in [0.2, 0.25) is 0 Å². The first kappa shape index (κ1) is 17.4. The number of para-hydroxylation sites is 2. The van der Waals surface area contributed by atoms with Crippen LogP contribution in [-0.4, -0.2) is 32.3 Å². The topological polar surface area (TPSA) is 79.0 Å². The van der Waals surface area contributed by atoms with E-state index in [9.17, 15) is 9.59 Å². The van der Waals surface area contributed by atoms with Crippen molar-refractivity contribution in [2.75, 3.05) is 6.54 Å². The lowest BCUT2D eigenvalue weighted by molar-refractivity contribution is -0.135. The van der Waals surface area contributed by atoms with Crippen LogP contribution in [0, 0.1) is 0 Å². The van der Waals surface area contributed by atoms with Crippen LogP contribution in [-0.2, 0) is 11.2 Å². The van der Waals surface area contributed by atoms with E-state index in [2.05, 4.69) is 15.0 Å². The molecular weight excluding hydrogens is 340 g/mol. The first-order valence-corrected chi connectivity index (χ1v) is 9.41. The van der Waals surface area contributed by atoms with Gasteiger partial charge < -0.3 is 9.88 Å². The number of likely N-dealkylation sites (tertiary alicyclic amines) is 1. The van der Waals surface area contributed by atoms with Gasteiger partial charge in [0.15, 0.2) is 0 Å². The molecule has 27 heavy (non-hydrogen) atoms. The summed E-state index contributed by atoms with van der Waals surface area (Å²) in [6.07, 6.45) is 5.41. The number of nitrogens with one attached hydrogen (secondary N) is 1. The standard InChI is InChI=1S/C21H22N4O2/c26-20(25-14-6-4-10-19(25)17-9-3-5-13-22-17)12-11-18-21(27)24-16-8-2-1-7-15(16)23-18/h1-3,5,7-9,13,19H,4,6,10-12,14H2,(H,24,27)/t19-/m0/s1. The van der Waals surface area contributed by atoms with E-state index < -0.39 is 0 Å². The number of benzene rings is 1. The van der Waals surface area contributed by atoms with Gasteiger partial charge in [-0.25, -0.2) is 4.98 Å². The van der Waals surface area contributed by atoms with Gasteiger partial charge >= 0.3 is 0 Å². The zero-order valence-corrected chi connectivity index (χ0v) is 15.1. The Kier molecular flexibility index (Phi) is 4.96. The SMILES string of the molecule is O=C(CCc1nc2ccccc2[nH]c1=O)N1CCCC[C@H]1c1ccccn1. The summed E-state index contributed by atoms with van der Waals surface area (Å²) in [5.74, 6) is 0.0553. The number of carbonyl (C=O) groups is 1. The molecule has 3 heterocycles.